The number of aromatic nitrogens is 2. The summed E-state index contributed by atoms with van der Waals surface area (Å²) < 4.78 is 34.8. The van der Waals surface area contributed by atoms with Gasteiger partial charge in [-0.2, -0.15) is 0 Å². The average Bonchev–Trinajstić information content (AvgIpc) is 2.90. The largest absolute Gasteiger partial charge is 0.378 e. The van der Waals surface area contributed by atoms with Crippen molar-refractivity contribution >= 4 is 39.7 Å². The number of anilines is 4. The van der Waals surface area contributed by atoms with Gasteiger partial charge in [0.2, 0.25) is 5.91 Å². The van der Waals surface area contributed by atoms with E-state index < -0.39 is 11.6 Å². The third-order valence-corrected chi connectivity index (χ3v) is 6.98. The van der Waals surface area contributed by atoms with Crippen molar-refractivity contribution in [1.29, 1.82) is 0 Å². The Labute approximate surface area is 215 Å². The molecule has 1 amide bonds. The smallest absolute Gasteiger partial charge is 0.225 e. The fourth-order valence-corrected chi connectivity index (χ4v) is 5.00. The first-order valence-electron chi connectivity index (χ1n) is 12.7. The van der Waals surface area contributed by atoms with E-state index in [4.69, 9.17) is 4.74 Å². The van der Waals surface area contributed by atoms with Crippen LogP contribution in [-0.2, 0) is 9.53 Å². The summed E-state index contributed by atoms with van der Waals surface area (Å²) in [6.45, 7) is 10.8. The molecule has 0 atom stereocenters. The Kier molecular flexibility index (Phi) is 7.10. The maximum atomic E-state index is 15.1. The van der Waals surface area contributed by atoms with E-state index in [0.717, 1.165) is 30.4 Å². The molecule has 0 bridgehead atoms. The second-order valence-corrected chi connectivity index (χ2v) is 9.84. The van der Waals surface area contributed by atoms with Gasteiger partial charge in [-0.3, -0.25) is 9.78 Å². The Morgan fingerprint density at radius 1 is 1.00 bits per heavy atom. The van der Waals surface area contributed by atoms with Gasteiger partial charge in [0.15, 0.2) is 0 Å². The van der Waals surface area contributed by atoms with Gasteiger partial charge >= 0.3 is 0 Å². The summed E-state index contributed by atoms with van der Waals surface area (Å²) in [7, 11) is 0. The molecule has 0 radical (unpaired) electrons. The van der Waals surface area contributed by atoms with Gasteiger partial charge in [0.05, 0.1) is 53.6 Å². The van der Waals surface area contributed by atoms with Crippen molar-refractivity contribution in [3.05, 3.63) is 47.8 Å². The van der Waals surface area contributed by atoms with E-state index in [2.05, 4.69) is 25.1 Å². The zero-order valence-electron chi connectivity index (χ0n) is 21.4. The number of carbonyl (C=O) groups excluding carboxylic acids is 1. The number of pyridine rings is 2. The molecule has 0 saturated carbocycles. The molecule has 37 heavy (non-hydrogen) atoms. The van der Waals surface area contributed by atoms with Crippen LogP contribution in [0, 0.1) is 24.5 Å². The van der Waals surface area contributed by atoms with Crippen molar-refractivity contribution in [2.45, 2.75) is 20.8 Å². The Balaban J connectivity index is 1.50. The van der Waals surface area contributed by atoms with Crippen molar-refractivity contribution in [1.82, 2.24) is 14.9 Å². The van der Waals surface area contributed by atoms with Gasteiger partial charge in [-0.25, -0.2) is 13.8 Å². The van der Waals surface area contributed by atoms with Crippen molar-refractivity contribution in [3.63, 3.8) is 0 Å². The van der Waals surface area contributed by atoms with E-state index >= 15 is 4.39 Å². The fraction of sp³-hybridized carbons (Fsp3) is 0.444. The lowest BCUT2D eigenvalue weighted by Crippen LogP contribution is -2.50. The van der Waals surface area contributed by atoms with E-state index in [-0.39, 0.29) is 22.7 Å². The molecule has 2 aliphatic rings. The van der Waals surface area contributed by atoms with Crippen LogP contribution < -0.4 is 15.1 Å². The van der Waals surface area contributed by atoms with Crippen molar-refractivity contribution in [2.24, 2.45) is 5.92 Å². The predicted molar refractivity (Wildman–Crippen MR) is 141 cm³/mol. The van der Waals surface area contributed by atoms with Gasteiger partial charge in [-0.15, -0.1) is 0 Å². The lowest BCUT2D eigenvalue weighted by molar-refractivity contribution is -0.134. The number of hydrogen-bond donors (Lipinski definition) is 1. The number of benzene rings is 1. The van der Waals surface area contributed by atoms with Crippen LogP contribution in [0.2, 0.25) is 0 Å². The lowest BCUT2D eigenvalue weighted by Gasteiger charge is -2.37. The molecule has 2 saturated heterocycles. The number of nitrogens with one attached hydrogen (secondary N) is 1. The van der Waals surface area contributed by atoms with E-state index in [0.29, 0.717) is 56.6 Å². The molecule has 1 aromatic carbocycles. The van der Waals surface area contributed by atoms with Gasteiger partial charge in [-0.05, 0) is 13.0 Å². The second-order valence-electron chi connectivity index (χ2n) is 9.84. The Hall–Kier alpha value is -3.53. The van der Waals surface area contributed by atoms with E-state index in [1.165, 1.54) is 6.07 Å². The molecule has 0 aliphatic carbocycles. The highest BCUT2D eigenvalue weighted by Crippen LogP contribution is 2.37. The van der Waals surface area contributed by atoms with Crippen molar-refractivity contribution in [2.75, 3.05) is 67.6 Å². The van der Waals surface area contributed by atoms with E-state index in [1.54, 1.807) is 12.4 Å². The minimum atomic E-state index is -0.679. The number of morpholine rings is 1. The molecule has 10 heteroatoms. The first kappa shape index (κ1) is 25.1. The number of carbonyl (C=O) groups is 1. The number of ether oxygens (including phenoxy) is 1. The fourth-order valence-electron chi connectivity index (χ4n) is 5.00. The van der Waals surface area contributed by atoms with E-state index in [9.17, 15) is 9.18 Å². The molecule has 2 aromatic heterocycles. The summed E-state index contributed by atoms with van der Waals surface area (Å²) in [6.07, 6.45) is 3.49. The van der Waals surface area contributed by atoms with Crippen LogP contribution in [0.25, 0.3) is 10.9 Å². The molecule has 3 aromatic rings. The highest BCUT2D eigenvalue weighted by Gasteiger charge is 2.26. The van der Waals surface area contributed by atoms with Crippen LogP contribution in [0.5, 0.6) is 0 Å². The van der Waals surface area contributed by atoms with Crippen LogP contribution >= 0.6 is 0 Å². The summed E-state index contributed by atoms with van der Waals surface area (Å²) in [5.74, 6) is -0.641. The van der Waals surface area contributed by atoms with Crippen LogP contribution in [0.15, 0.2) is 30.6 Å². The molecular formula is C27H32F2N6O2. The monoisotopic (exact) mass is 510 g/mol. The van der Waals surface area contributed by atoms with Gasteiger partial charge in [-0.1, -0.05) is 13.8 Å². The minimum absolute atomic E-state index is 0.0596. The quantitative estimate of drug-likeness (QED) is 0.554. The van der Waals surface area contributed by atoms with Gasteiger partial charge in [0.1, 0.15) is 17.5 Å². The van der Waals surface area contributed by atoms with Crippen LogP contribution in [0.3, 0.4) is 0 Å². The van der Waals surface area contributed by atoms with Crippen molar-refractivity contribution in [3.8, 4) is 0 Å². The molecule has 2 fully saturated rings. The Bertz CT molecular complexity index is 1300. The first-order valence-corrected chi connectivity index (χ1v) is 12.7. The van der Waals surface area contributed by atoms with Crippen molar-refractivity contribution < 1.29 is 18.3 Å². The number of nitrogens with zero attached hydrogens (tertiary/aromatic N) is 5. The SMILES string of the molecule is Cc1c(N2CCN(C(=O)C(C)C)CC2)nc2cc(F)cc(F)c2c1Nc1cncc(N2CCOCC2)c1. The summed E-state index contributed by atoms with van der Waals surface area (Å²) in [4.78, 5) is 27.6. The Morgan fingerprint density at radius 3 is 2.43 bits per heavy atom. The zero-order valence-corrected chi connectivity index (χ0v) is 21.4. The highest BCUT2D eigenvalue weighted by atomic mass is 19.1. The summed E-state index contributed by atoms with van der Waals surface area (Å²) in [6, 6.07) is 4.11. The zero-order chi connectivity index (χ0) is 26.1. The van der Waals surface area contributed by atoms with Crippen LogP contribution in [-0.4, -0.2) is 73.3 Å². The first-order chi connectivity index (χ1) is 17.8. The summed E-state index contributed by atoms with van der Waals surface area (Å²) in [5, 5.41) is 3.59. The standard InChI is InChI=1S/C27H32F2N6O2/c1-17(2)27(36)35-6-4-34(5-7-35)26-18(3)25(24-22(29)12-19(28)13-23(24)32-26)31-20-14-21(16-30-15-20)33-8-10-37-11-9-33/h12-17H,4-11H2,1-3H3,(H,31,32). The van der Waals surface area contributed by atoms with Crippen LogP contribution in [0.4, 0.5) is 31.7 Å². The number of rotatable bonds is 5. The number of fused-ring (bicyclic) bond motifs is 1. The average molecular weight is 511 g/mol. The molecule has 0 spiro atoms. The molecule has 0 unspecified atom stereocenters. The number of amides is 1. The van der Waals surface area contributed by atoms with Crippen LogP contribution in [0.1, 0.15) is 19.4 Å². The highest BCUT2D eigenvalue weighted by molar-refractivity contribution is 5.98. The molecule has 1 N–H and O–H groups in total. The lowest BCUT2D eigenvalue weighted by atomic mass is 10.1. The third-order valence-electron chi connectivity index (χ3n) is 6.98. The maximum Gasteiger partial charge on any atom is 0.225 e. The topological polar surface area (TPSA) is 73.8 Å². The van der Waals surface area contributed by atoms with Gasteiger partial charge < -0.3 is 24.8 Å². The molecule has 8 nitrogen and oxygen atoms in total. The molecular weight excluding hydrogens is 478 g/mol. The summed E-state index contributed by atoms with van der Waals surface area (Å²) in [5.41, 5.74) is 3.15. The van der Waals surface area contributed by atoms with Gasteiger partial charge in [0.25, 0.3) is 0 Å². The molecule has 2 aliphatic heterocycles. The number of piperazine rings is 1. The number of hydrogen-bond acceptors (Lipinski definition) is 7. The second kappa shape index (κ2) is 10.5. The molecule has 5 rings (SSSR count). The van der Waals surface area contributed by atoms with E-state index in [1.807, 2.05) is 31.7 Å². The Morgan fingerprint density at radius 2 is 1.73 bits per heavy atom. The molecule has 196 valence electrons. The summed E-state index contributed by atoms with van der Waals surface area (Å²) >= 11 is 0. The third kappa shape index (κ3) is 5.16. The maximum absolute atomic E-state index is 15.1. The molecule has 4 heterocycles. The predicted octanol–water partition coefficient (Wildman–Crippen LogP) is 4.10. The van der Waals surface area contributed by atoms with Gasteiger partial charge in [0, 0.05) is 62.9 Å². The minimum Gasteiger partial charge on any atom is -0.378 e. The normalized spacial score (nSPS) is 16.5. The number of halogens is 2.